The molecule has 3 rings (SSSR count). The molecule has 1 saturated carbocycles. The Labute approximate surface area is 124 Å². The zero-order chi connectivity index (χ0) is 13.9. The Morgan fingerprint density at radius 2 is 2.35 bits per heavy atom. The molecule has 0 amide bonds. The van der Waals surface area contributed by atoms with E-state index >= 15 is 0 Å². The quantitative estimate of drug-likeness (QED) is 0.759. The highest BCUT2D eigenvalue weighted by atomic mass is 32.2. The largest absolute Gasteiger partial charge is 0.360 e. The summed E-state index contributed by atoms with van der Waals surface area (Å²) in [5.41, 5.74) is -0.113. The number of rotatable bonds is 7. The first-order valence-electron chi connectivity index (χ1n) is 6.64. The Morgan fingerprint density at radius 3 is 3.10 bits per heavy atom. The smallest absolute Gasteiger partial charge is 0.344 e. The standard InChI is InChI=1S/C11H16N6OS2/c1-2-5-12-9-14-13-8(20-9)6-19-11-16-15-10(18)17(11)7-3-4-7/h7H,2-6H2,1H3,(H,12,14)(H,15,18). The summed E-state index contributed by atoms with van der Waals surface area (Å²) in [5, 5.41) is 20.6. The van der Waals surface area contributed by atoms with E-state index < -0.39 is 0 Å². The molecule has 0 aliphatic heterocycles. The Morgan fingerprint density at radius 1 is 1.50 bits per heavy atom. The summed E-state index contributed by atoms with van der Waals surface area (Å²) in [6.07, 6.45) is 3.19. The molecule has 108 valence electrons. The number of nitrogens with zero attached hydrogens (tertiary/aromatic N) is 4. The lowest BCUT2D eigenvalue weighted by atomic mass is 10.5. The second-order valence-electron chi connectivity index (χ2n) is 4.63. The van der Waals surface area contributed by atoms with Crippen molar-refractivity contribution in [2.75, 3.05) is 11.9 Å². The summed E-state index contributed by atoms with van der Waals surface area (Å²) >= 11 is 3.08. The van der Waals surface area contributed by atoms with Gasteiger partial charge in [-0.15, -0.1) is 15.3 Å². The van der Waals surface area contributed by atoms with Crippen LogP contribution in [0.1, 0.15) is 37.2 Å². The van der Waals surface area contributed by atoms with Gasteiger partial charge in [0.15, 0.2) is 5.16 Å². The van der Waals surface area contributed by atoms with Gasteiger partial charge >= 0.3 is 5.69 Å². The van der Waals surface area contributed by atoms with Crippen LogP contribution in [0, 0.1) is 0 Å². The van der Waals surface area contributed by atoms with Gasteiger partial charge in [0.05, 0.1) is 5.75 Å². The van der Waals surface area contributed by atoms with Crippen LogP contribution < -0.4 is 11.0 Å². The van der Waals surface area contributed by atoms with E-state index in [1.54, 1.807) is 15.9 Å². The van der Waals surface area contributed by atoms with Crippen molar-refractivity contribution in [3.05, 3.63) is 15.5 Å². The highest BCUT2D eigenvalue weighted by molar-refractivity contribution is 7.98. The van der Waals surface area contributed by atoms with E-state index in [9.17, 15) is 4.79 Å². The van der Waals surface area contributed by atoms with Crippen molar-refractivity contribution < 1.29 is 0 Å². The number of hydrogen-bond acceptors (Lipinski definition) is 7. The minimum Gasteiger partial charge on any atom is -0.360 e. The SMILES string of the molecule is CCCNc1nnc(CSc2n[nH]c(=O)n2C2CC2)s1. The normalized spacial score (nSPS) is 14.7. The lowest BCUT2D eigenvalue weighted by Gasteiger charge is -2.01. The van der Waals surface area contributed by atoms with Crippen molar-refractivity contribution in [3.63, 3.8) is 0 Å². The molecule has 1 aliphatic carbocycles. The van der Waals surface area contributed by atoms with Crippen LogP contribution in [-0.2, 0) is 5.75 Å². The second-order valence-corrected chi connectivity index (χ2v) is 6.63. The molecule has 0 radical (unpaired) electrons. The summed E-state index contributed by atoms with van der Waals surface area (Å²) in [4.78, 5) is 11.7. The predicted molar refractivity (Wildman–Crippen MR) is 79.4 cm³/mol. The molecule has 0 aromatic carbocycles. The van der Waals surface area contributed by atoms with Crippen LogP contribution in [0.3, 0.4) is 0 Å². The maximum absolute atomic E-state index is 11.7. The third-order valence-corrected chi connectivity index (χ3v) is 4.93. The summed E-state index contributed by atoms with van der Waals surface area (Å²) in [7, 11) is 0. The fraction of sp³-hybridized carbons (Fsp3) is 0.636. The van der Waals surface area contributed by atoms with E-state index in [4.69, 9.17) is 0 Å². The molecule has 2 N–H and O–H groups in total. The summed E-state index contributed by atoms with van der Waals surface area (Å²) < 4.78 is 1.75. The van der Waals surface area contributed by atoms with Gasteiger partial charge in [0.2, 0.25) is 5.13 Å². The van der Waals surface area contributed by atoms with Gasteiger partial charge < -0.3 is 5.32 Å². The van der Waals surface area contributed by atoms with Gasteiger partial charge in [-0.1, -0.05) is 30.0 Å². The van der Waals surface area contributed by atoms with Gasteiger partial charge in [0, 0.05) is 12.6 Å². The molecule has 0 unspecified atom stereocenters. The van der Waals surface area contributed by atoms with Crippen LogP contribution in [0.15, 0.2) is 9.95 Å². The van der Waals surface area contributed by atoms with Crippen molar-refractivity contribution in [2.45, 2.75) is 43.1 Å². The Balaban J connectivity index is 1.62. The molecule has 20 heavy (non-hydrogen) atoms. The maximum Gasteiger partial charge on any atom is 0.344 e. The monoisotopic (exact) mass is 312 g/mol. The molecule has 9 heteroatoms. The predicted octanol–water partition coefficient (Wildman–Crippen LogP) is 1.87. The number of thioether (sulfide) groups is 1. The molecule has 1 fully saturated rings. The van der Waals surface area contributed by atoms with E-state index in [1.807, 2.05) is 0 Å². The number of aromatic amines is 1. The summed E-state index contributed by atoms with van der Waals surface area (Å²) in [6, 6.07) is 0.333. The van der Waals surface area contributed by atoms with E-state index in [1.165, 1.54) is 11.8 Å². The zero-order valence-corrected chi connectivity index (χ0v) is 12.8. The Bertz CT molecular complexity index is 629. The minimum absolute atomic E-state index is 0.113. The second kappa shape index (κ2) is 5.96. The number of hydrogen-bond donors (Lipinski definition) is 2. The number of nitrogens with one attached hydrogen (secondary N) is 2. The van der Waals surface area contributed by atoms with E-state index in [0.717, 1.165) is 41.1 Å². The fourth-order valence-corrected chi connectivity index (χ4v) is 3.55. The fourth-order valence-electron chi connectivity index (χ4n) is 1.79. The van der Waals surface area contributed by atoms with Gasteiger partial charge in [-0.2, -0.15) is 0 Å². The number of anilines is 1. The zero-order valence-electron chi connectivity index (χ0n) is 11.1. The van der Waals surface area contributed by atoms with Crippen molar-refractivity contribution in [1.29, 1.82) is 0 Å². The van der Waals surface area contributed by atoms with Crippen LogP contribution in [0.2, 0.25) is 0 Å². The molecular formula is C11H16N6OS2. The molecule has 0 atom stereocenters. The molecule has 2 heterocycles. The van der Waals surface area contributed by atoms with Crippen LogP contribution in [-0.4, -0.2) is 31.5 Å². The molecule has 1 aliphatic rings. The van der Waals surface area contributed by atoms with Gasteiger partial charge in [-0.25, -0.2) is 9.89 Å². The molecule has 0 bridgehead atoms. The minimum atomic E-state index is -0.113. The molecule has 7 nitrogen and oxygen atoms in total. The van der Waals surface area contributed by atoms with Crippen molar-refractivity contribution >= 4 is 28.2 Å². The number of aromatic nitrogens is 5. The average Bonchev–Trinajstić information content (AvgIpc) is 3.06. The molecule has 0 spiro atoms. The maximum atomic E-state index is 11.7. The van der Waals surface area contributed by atoms with E-state index in [0.29, 0.717) is 11.8 Å². The molecular weight excluding hydrogens is 296 g/mol. The first-order valence-corrected chi connectivity index (χ1v) is 8.44. The third kappa shape index (κ3) is 3.04. The van der Waals surface area contributed by atoms with Gasteiger partial charge in [0.25, 0.3) is 0 Å². The molecule has 2 aromatic rings. The van der Waals surface area contributed by atoms with Crippen LogP contribution in [0.25, 0.3) is 0 Å². The lowest BCUT2D eigenvalue weighted by molar-refractivity contribution is 0.642. The van der Waals surface area contributed by atoms with Crippen LogP contribution in [0.4, 0.5) is 5.13 Å². The first-order chi connectivity index (χ1) is 9.78. The van der Waals surface area contributed by atoms with Gasteiger partial charge in [-0.05, 0) is 19.3 Å². The Kier molecular flexibility index (Phi) is 4.06. The summed E-state index contributed by atoms with van der Waals surface area (Å²) in [6.45, 7) is 3.02. The van der Waals surface area contributed by atoms with Crippen molar-refractivity contribution in [1.82, 2.24) is 25.0 Å². The molecule has 0 saturated heterocycles. The number of H-pyrrole nitrogens is 1. The van der Waals surface area contributed by atoms with E-state index in [-0.39, 0.29) is 5.69 Å². The van der Waals surface area contributed by atoms with Crippen LogP contribution in [0.5, 0.6) is 0 Å². The highest BCUT2D eigenvalue weighted by Gasteiger charge is 2.28. The van der Waals surface area contributed by atoms with Crippen LogP contribution >= 0.6 is 23.1 Å². The Hall–Kier alpha value is -1.35. The van der Waals surface area contributed by atoms with Crippen molar-refractivity contribution in [3.8, 4) is 0 Å². The van der Waals surface area contributed by atoms with E-state index in [2.05, 4.69) is 32.6 Å². The topological polar surface area (TPSA) is 88.5 Å². The average molecular weight is 312 g/mol. The van der Waals surface area contributed by atoms with Gasteiger partial charge in [0.1, 0.15) is 5.01 Å². The van der Waals surface area contributed by atoms with Gasteiger partial charge in [-0.3, -0.25) is 4.57 Å². The molecule has 2 aromatic heterocycles. The third-order valence-electron chi connectivity index (χ3n) is 2.90. The lowest BCUT2D eigenvalue weighted by Crippen LogP contribution is -2.16. The highest BCUT2D eigenvalue weighted by Crippen LogP contribution is 2.36. The van der Waals surface area contributed by atoms with Crippen molar-refractivity contribution in [2.24, 2.45) is 0 Å². The summed E-state index contributed by atoms with van der Waals surface area (Å²) in [5.74, 6) is 0.683. The first kappa shape index (κ1) is 13.6.